The molecule has 0 fully saturated rings. The van der Waals surface area contributed by atoms with Crippen molar-refractivity contribution in [1.29, 1.82) is 0 Å². The Labute approximate surface area is 240 Å². The summed E-state index contributed by atoms with van der Waals surface area (Å²) in [5.41, 5.74) is 0. The van der Waals surface area contributed by atoms with E-state index in [1.54, 1.807) is 14.2 Å². The second-order valence-electron chi connectivity index (χ2n) is 8.26. The molecule has 0 saturated carbocycles. The van der Waals surface area contributed by atoms with Crippen LogP contribution in [-0.4, -0.2) is 146 Å². The van der Waals surface area contributed by atoms with E-state index in [1.165, 1.54) is 0 Å². The number of rotatable bonds is 28. The average molecular weight is 600 g/mol. The van der Waals surface area contributed by atoms with Crippen molar-refractivity contribution < 1.29 is 51.3 Å². The van der Waals surface area contributed by atoms with Gasteiger partial charge in [-0.3, -0.25) is 4.90 Å². The molecule has 0 radical (unpaired) electrons. The molecule has 0 aromatic carbocycles. The molecule has 238 valence electrons. The van der Waals surface area contributed by atoms with Crippen LogP contribution in [0.4, 0.5) is 9.59 Å². The number of nitrogens with one attached hydrogen (secondary N) is 2. The van der Waals surface area contributed by atoms with Crippen LogP contribution in [0.1, 0.15) is 27.2 Å². The van der Waals surface area contributed by atoms with Crippen LogP contribution in [0.5, 0.6) is 0 Å². The third-order valence-corrected chi connectivity index (χ3v) is 8.38. The molecule has 0 rings (SSSR count). The van der Waals surface area contributed by atoms with Crippen molar-refractivity contribution in [3.63, 3.8) is 0 Å². The molecule has 2 amide bonds. The van der Waals surface area contributed by atoms with Gasteiger partial charge in [0.25, 0.3) is 0 Å². The standard InChI is InChI=1S/C25H53N3O11Si/c1-6-37-40(38-7-2,39-8-3)23-9-12-28(13-17-35-24(29)26-10-15-33-21-19-31-4)14-18-36-25(30)27-11-16-34-22-20-32-5/h6-23H2,1-5H3,(H,26,29)(H,27,30). The maximum atomic E-state index is 12.0. The van der Waals surface area contributed by atoms with E-state index in [4.69, 9.17) is 41.7 Å². The molecule has 0 aliphatic rings. The monoisotopic (exact) mass is 599 g/mol. The second-order valence-corrected chi connectivity index (χ2v) is 11.0. The van der Waals surface area contributed by atoms with Crippen molar-refractivity contribution in [1.82, 2.24) is 15.5 Å². The summed E-state index contributed by atoms with van der Waals surface area (Å²) in [6, 6.07) is 0.647. The van der Waals surface area contributed by atoms with E-state index >= 15 is 0 Å². The van der Waals surface area contributed by atoms with E-state index in [2.05, 4.69) is 15.5 Å². The first kappa shape index (κ1) is 38.4. The minimum atomic E-state index is -2.77. The second kappa shape index (κ2) is 27.6. The largest absolute Gasteiger partial charge is 0.500 e. The van der Waals surface area contributed by atoms with Gasteiger partial charge in [0.05, 0.1) is 39.6 Å². The molecule has 0 atom stereocenters. The Hall–Kier alpha value is -1.56. The Morgan fingerprint density at radius 3 is 1.48 bits per heavy atom. The predicted octanol–water partition coefficient (Wildman–Crippen LogP) is 1.51. The number of hydrogen-bond donors (Lipinski definition) is 2. The Balaban J connectivity index is 4.64. The first-order valence-electron chi connectivity index (χ1n) is 14.1. The highest BCUT2D eigenvalue weighted by Gasteiger charge is 2.39. The minimum Gasteiger partial charge on any atom is -0.448 e. The fourth-order valence-electron chi connectivity index (χ4n) is 3.43. The Bertz CT molecular complexity index is 557. The summed E-state index contributed by atoms with van der Waals surface area (Å²) in [5, 5.41) is 5.30. The smallest absolute Gasteiger partial charge is 0.448 e. The molecule has 0 aromatic rings. The van der Waals surface area contributed by atoms with Gasteiger partial charge in [0.2, 0.25) is 0 Å². The van der Waals surface area contributed by atoms with Gasteiger partial charge in [-0.15, -0.1) is 0 Å². The van der Waals surface area contributed by atoms with Gasteiger partial charge in [-0.1, -0.05) is 0 Å². The molecule has 15 heteroatoms. The molecule has 2 N–H and O–H groups in total. The summed E-state index contributed by atoms with van der Waals surface area (Å²) in [6.45, 7) is 12.6. The zero-order valence-corrected chi connectivity index (χ0v) is 26.2. The van der Waals surface area contributed by atoms with E-state index in [1.807, 2.05) is 20.8 Å². The molecular weight excluding hydrogens is 546 g/mol. The molecule has 0 aliphatic carbocycles. The van der Waals surface area contributed by atoms with Crippen LogP contribution in [0.25, 0.3) is 0 Å². The SMILES string of the molecule is CCO[Si](CCCN(CCOC(=O)NCCOCCOC)CCOC(=O)NCCOCCOC)(OCC)OCC. The molecule has 14 nitrogen and oxygen atoms in total. The molecule has 0 aliphatic heterocycles. The van der Waals surface area contributed by atoms with Crippen molar-refractivity contribution in [3.8, 4) is 0 Å². The van der Waals surface area contributed by atoms with Gasteiger partial charge in [-0.05, 0) is 33.7 Å². The lowest BCUT2D eigenvalue weighted by Crippen LogP contribution is -2.46. The first-order chi connectivity index (χ1) is 19.5. The van der Waals surface area contributed by atoms with Crippen LogP contribution in [0.2, 0.25) is 6.04 Å². The van der Waals surface area contributed by atoms with Crippen molar-refractivity contribution >= 4 is 21.0 Å². The Morgan fingerprint density at radius 1 is 0.625 bits per heavy atom. The zero-order valence-electron chi connectivity index (χ0n) is 25.2. The fourth-order valence-corrected chi connectivity index (χ4v) is 6.03. The molecular formula is C25H53N3O11Si. The van der Waals surface area contributed by atoms with Crippen molar-refractivity contribution in [2.24, 2.45) is 0 Å². The lowest BCUT2D eigenvalue weighted by atomic mass is 10.4. The van der Waals surface area contributed by atoms with Crippen molar-refractivity contribution in [3.05, 3.63) is 0 Å². The molecule has 0 aromatic heterocycles. The molecule has 0 spiro atoms. The molecule has 40 heavy (non-hydrogen) atoms. The van der Waals surface area contributed by atoms with Gasteiger partial charge in [-0.2, -0.15) is 0 Å². The molecule has 0 heterocycles. The number of nitrogens with zero attached hydrogens (tertiary/aromatic N) is 1. The minimum absolute atomic E-state index is 0.173. The third kappa shape index (κ3) is 22.2. The van der Waals surface area contributed by atoms with Crippen LogP contribution in [0.15, 0.2) is 0 Å². The topological polar surface area (TPSA) is 145 Å². The van der Waals surface area contributed by atoms with Gasteiger partial charge in [-0.25, -0.2) is 9.59 Å². The Morgan fingerprint density at radius 2 is 1.07 bits per heavy atom. The van der Waals surface area contributed by atoms with Gasteiger partial charge in [0.15, 0.2) is 0 Å². The number of carbonyl (C=O) groups excluding carboxylic acids is 2. The third-order valence-electron chi connectivity index (χ3n) is 5.23. The van der Waals surface area contributed by atoms with Gasteiger partial charge in [0.1, 0.15) is 13.2 Å². The van der Waals surface area contributed by atoms with Crippen molar-refractivity contribution in [2.45, 2.75) is 33.2 Å². The zero-order chi connectivity index (χ0) is 29.7. The number of hydrogen-bond acceptors (Lipinski definition) is 12. The molecule has 0 bridgehead atoms. The summed E-state index contributed by atoms with van der Waals surface area (Å²) in [5.74, 6) is 0. The summed E-state index contributed by atoms with van der Waals surface area (Å²) in [7, 11) is 0.424. The molecule has 0 saturated heterocycles. The maximum Gasteiger partial charge on any atom is 0.500 e. The van der Waals surface area contributed by atoms with Gasteiger partial charge in [0, 0.05) is 66.3 Å². The number of carbonyl (C=O) groups is 2. The van der Waals surface area contributed by atoms with E-state index < -0.39 is 21.0 Å². The van der Waals surface area contributed by atoms with E-state index in [9.17, 15) is 9.59 Å². The lowest BCUT2D eigenvalue weighted by Gasteiger charge is -2.29. The van der Waals surface area contributed by atoms with Crippen LogP contribution < -0.4 is 10.6 Å². The lowest BCUT2D eigenvalue weighted by molar-refractivity contribution is 0.0671. The predicted molar refractivity (Wildman–Crippen MR) is 151 cm³/mol. The van der Waals surface area contributed by atoms with Gasteiger partial charge >= 0.3 is 21.0 Å². The van der Waals surface area contributed by atoms with E-state index in [0.29, 0.717) is 98.2 Å². The molecule has 0 unspecified atom stereocenters. The Kier molecular flexibility index (Phi) is 26.5. The quantitative estimate of drug-likeness (QED) is 0.0993. The van der Waals surface area contributed by atoms with Crippen LogP contribution in [0, 0.1) is 0 Å². The maximum absolute atomic E-state index is 12.0. The number of amides is 2. The summed E-state index contributed by atoms with van der Waals surface area (Å²) in [4.78, 5) is 26.0. The highest BCUT2D eigenvalue weighted by Crippen LogP contribution is 2.18. The first-order valence-corrected chi connectivity index (χ1v) is 16.0. The summed E-state index contributed by atoms with van der Waals surface area (Å²) >= 11 is 0. The number of methoxy groups -OCH3 is 2. The van der Waals surface area contributed by atoms with Crippen LogP contribution in [-0.2, 0) is 41.7 Å². The van der Waals surface area contributed by atoms with E-state index in [0.717, 1.165) is 6.42 Å². The summed E-state index contributed by atoms with van der Waals surface area (Å²) < 4.78 is 48.9. The van der Waals surface area contributed by atoms with Crippen LogP contribution >= 0.6 is 0 Å². The van der Waals surface area contributed by atoms with Crippen LogP contribution in [0.3, 0.4) is 0 Å². The normalized spacial score (nSPS) is 11.6. The van der Waals surface area contributed by atoms with E-state index in [-0.39, 0.29) is 13.2 Å². The fraction of sp³-hybridized carbons (Fsp3) is 0.920. The average Bonchev–Trinajstić information content (AvgIpc) is 2.92. The number of alkyl carbamates (subject to hydrolysis) is 2. The van der Waals surface area contributed by atoms with Crippen molar-refractivity contribution in [2.75, 3.05) is 120 Å². The summed E-state index contributed by atoms with van der Waals surface area (Å²) in [6.07, 6.45) is -0.300. The van der Waals surface area contributed by atoms with Gasteiger partial charge < -0.3 is 52.3 Å². The highest BCUT2D eigenvalue weighted by atomic mass is 28.4. The highest BCUT2D eigenvalue weighted by molar-refractivity contribution is 6.60. The number of ether oxygens (including phenoxy) is 6.